The van der Waals surface area contributed by atoms with Gasteiger partial charge in [0.05, 0.1) is 0 Å². The van der Waals surface area contributed by atoms with Crippen molar-refractivity contribution in [2.45, 2.75) is 6.42 Å². The molecular weight excluding hydrogens is 200 g/mol. The third-order valence-electron chi connectivity index (χ3n) is 0.864. The third-order valence-corrected chi connectivity index (χ3v) is 6.86. The first kappa shape index (κ1) is 8.97. The SMILES string of the molecule is C1=CCCSSSSC=C1. The van der Waals surface area contributed by atoms with Gasteiger partial charge in [0.1, 0.15) is 0 Å². The number of hydrogen-bond donors (Lipinski definition) is 0. The fourth-order valence-corrected chi connectivity index (χ4v) is 5.66. The molecule has 1 aliphatic rings. The van der Waals surface area contributed by atoms with E-state index < -0.39 is 0 Å². The summed E-state index contributed by atoms with van der Waals surface area (Å²) in [5.41, 5.74) is 0. The predicted molar refractivity (Wildman–Crippen MR) is 58.1 cm³/mol. The van der Waals surface area contributed by atoms with E-state index in [2.05, 4.69) is 23.6 Å². The van der Waals surface area contributed by atoms with E-state index in [-0.39, 0.29) is 0 Å². The zero-order chi connectivity index (χ0) is 7.07. The molecule has 1 rings (SSSR count). The van der Waals surface area contributed by atoms with Crippen molar-refractivity contribution >= 4 is 41.2 Å². The standard InChI is InChI=1S/C6H8S4/c1-2-4-6-8-10-9-7-5-3-1/h1-3,5H,4,6H2. The van der Waals surface area contributed by atoms with E-state index in [0.29, 0.717) is 0 Å². The van der Waals surface area contributed by atoms with E-state index in [9.17, 15) is 0 Å². The maximum Gasteiger partial charge on any atom is 0.00801 e. The van der Waals surface area contributed by atoms with Crippen molar-refractivity contribution < 1.29 is 0 Å². The predicted octanol–water partition coefficient (Wildman–Crippen LogP) is 4.14. The number of hydrogen-bond acceptors (Lipinski definition) is 4. The fourth-order valence-electron chi connectivity index (χ4n) is 0.461. The van der Waals surface area contributed by atoms with Crippen molar-refractivity contribution in [2.24, 2.45) is 0 Å². The second-order valence-corrected chi connectivity index (χ2v) is 7.53. The molecule has 0 nitrogen and oxygen atoms in total. The lowest BCUT2D eigenvalue weighted by atomic mass is 10.4. The molecule has 0 radical (unpaired) electrons. The molecule has 56 valence electrons. The molecule has 0 unspecified atom stereocenters. The molecule has 0 amide bonds. The highest BCUT2D eigenvalue weighted by Gasteiger charge is 1.89. The van der Waals surface area contributed by atoms with Crippen molar-refractivity contribution in [1.82, 2.24) is 0 Å². The van der Waals surface area contributed by atoms with Crippen molar-refractivity contribution in [3.8, 4) is 0 Å². The van der Waals surface area contributed by atoms with E-state index in [1.807, 2.05) is 30.4 Å². The van der Waals surface area contributed by atoms with Gasteiger partial charge in [0, 0.05) is 5.75 Å². The van der Waals surface area contributed by atoms with E-state index >= 15 is 0 Å². The lowest BCUT2D eigenvalue weighted by Gasteiger charge is -1.95. The first-order valence-corrected chi connectivity index (χ1v) is 7.98. The van der Waals surface area contributed by atoms with Gasteiger partial charge < -0.3 is 0 Å². The minimum atomic E-state index is 1.19. The van der Waals surface area contributed by atoms with Gasteiger partial charge in [-0.3, -0.25) is 0 Å². The second kappa shape index (κ2) is 6.58. The molecule has 1 aliphatic heterocycles. The van der Waals surface area contributed by atoms with Crippen molar-refractivity contribution in [1.29, 1.82) is 0 Å². The highest BCUT2D eigenvalue weighted by atomic mass is 33.7. The summed E-state index contributed by atoms with van der Waals surface area (Å²) < 4.78 is 0. The molecule has 0 N–H and O–H groups in total. The van der Waals surface area contributed by atoms with Crippen LogP contribution in [0.3, 0.4) is 0 Å². The van der Waals surface area contributed by atoms with Crippen LogP contribution in [0.25, 0.3) is 0 Å². The van der Waals surface area contributed by atoms with Gasteiger partial charge >= 0.3 is 0 Å². The molecule has 0 bridgehead atoms. The van der Waals surface area contributed by atoms with Crippen LogP contribution in [0.2, 0.25) is 0 Å². The summed E-state index contributed by atoms with van der Waals surface area (Å²) in [6.07, 6.45) is 7.60. The normalized spacial score (nSPS) is 20.8. The Kier molecular flexibility index (Phi) is 5.90. The maximum absolute atomic E-state index is 2.21. The zero-order valence-corrected chi connectivity index (χ0v) is 8.62. The molecule has 0 aromatic heterocycles. The van der Waals surface area contributed by atoms with E-state index in [0.717, 1.165) is 0 Å². The molecule has 0 aromatic rings. The molecule has 0 aliphatic carbocycles. The average Bonchev–Trinajstić information content (AvgIpc) is 2.01. The van der Waals surface area contributed by atoms with Crippen molar-refractivity contribution in [3.05, 3.63) is 23.6 Å². The molecule has 0 saturated heterocycles. The Morgan fingerprint density at radius 1 is 1.10 bits per heavy atom. The molecule has 0 atom stereocenters. The molecular formula is C6H8S4. The Balaban J connectivity index is 2.26. The van der Waals surface area contributed by atoms with Crippen molar-refractivity contribution in [2.75, 3.05) is 5.75 Å². The topological polar surface area (TPSA) is 0 Å². The van der Waals surface area contributed by atoms with Gasteiger partial charge in [-0.05, 0) is 31.5 Å². The highest BCUT2D eigenvalue weighted by Crippen LogP contribution is 2.43. The van der Waals surface area contributed by atoms with Crippen LogP contribution in [-0.2, 0) is 0 Å². The van der Waals surface area contributed by atoms with Gasteiger partial charge in [-0.2, -0.15) is 0 Å². The number of allylic oxidation sites excluding steroid dienone is 3. The molecule has 10 heavy (non-hydrogen) atoms. The van der Waals surface area contributed by atoms with Crippen LogP contribution < -0.4 is 0 Å². The van der Waals surface area contributed by atoms with Gasteiger partial charge in [-0.25, -0.2) is 0 Å². The molecule has 0 spiro atoms. The molecule has 0 fully saturated rings. The summed E-state index contributed by atoms with van der Waals surface area (Å²) in [5.74, 6) is 1.22. The van der Waals surface area contributed by atoms with Crippen molar-refractivity contribution in [3.63, 3.8) is 0 Å². The van der Waals surface area contributed by atoms with Crippen LogP contribution in [0, 0.1) is 0 Å². The molecule has 0 saturated carbocycles. The van der Waals surface area contributed by atoms with Crippen LogP contribution in [0.15, 0.2) is 23.6 Å². The van der Waals surface area contributed by atoms with Crippen LogP contribution in [0.1, 0.15) is 6.42 Å². The van der Waals surface area contributed by atoms with Crippen LogP contribution >= 0.6 is 41.2 Å². The summed E-state index contributed by atoms with van der Waals surface area (Å²) >= 11 is 0. The van der Waals surface area contributed by atoms with Gasteiger partial charge in [0.2, 0.25) is 0 Å². The Morgan fingerprint density at radius 2 is 2.10 bits per heavy atom. The summed E-state index contributed by atoms with van der Waals surface area (Å²) in [7, 11) is 7.39. The zero-order valence-electron chi connectivity index (χ0n) is 5.36. The molecule has 1 heterocycles. The minimum Gasteiger partial charge on any atom is -0.0837 e. The highest BCUT2D eigenvalue weighted by molar-refractivity contribution is 9.26. The second-order valence-electron chi connectivity index (χ2n) is 1.60. The summed E-state index contributed by atoms with van der Waals surface area (Å²) in [6.45, 7) is 0. The smallest absolute Gasteiger partial charge is 0.00801 e. The van der Waals surface area contributed by atoms with Gasteiger partial charge in [-0.1, -0.05) is 39.8 Å². The average molecular weight is 208 g/mol. The Bertz CT molecular complexity index is 114. The lowest BCUT2D eigenvalue weighted by Crippen LogP contribution is -1.68. The molecule has 4 heteroatoms. The van der Waals surface area contributed by atoms with E-state index in [1.54, 1.807) is 10.8 Å². The van der Waals surface area contributed by atoms with Gasteiger partial charge in [0.25, 0.3) is 0 Å². The van der Waals surface area contributed by atoms with Crippen LogP contribution in [0.5, 0.6) is 0 Å². The van der Waals surface area contributed by atoms with E-state index in [4.69, 9.17) is 0 Å². The molecule has 0 aromatic carbocycles. The van der Waals surface area contributed by atoms with E-state index in [1.165, 1.54) is 12.2 Å². The van der Waals surface area contributed by atoms with Gasteiger partial charge in [-0.15, -0.1) is 0 Å². The first-order valence-electron chi connectivity index (χ1n) is 2.93. The summed E-state index contributed by atoms with van der Waals surface area (Å²) in [4.78, 5) is 0. The van der Waals surface area contributed by atoms with Gasteiger partial charge in [0.15, 0.2) is 0 Å². The Hall–Kier alpha value is 0.880. The maximum atomic E-state index is 2.21. The minimum absolute atomic E-state index is 1.19. The van der Waals surface area contributed by atoms with Crippen LogP contribution in [-0.4, -0.2) is 5.75 Å². The largest absolute Gasteiger partial charge is 0.0837 e. The third kappa shape index (κ3) is 4.66. The van der Waals surface area contributed by atoms with Crippen LogP contribution in [0.4, 0.5) is 0 Å². The Morgan fingerprint density at radius 3 is 3.10 bits per heavy atom. The Labute approximate surface area is 76.9 Å². The quantitative estimate of drug-likeness (QED) is 0.548. The summed E-state index contributed by atoms with van der Waals surface area (Å²) in [5, 5.41) is 2.11. The summed E-state index contributed by atoms with van der Waals surface area (Å²) in [6, 6.07) is 0. The first-order chi connectivity index (χ1) is 5.00. The number of rotatable bonds is 0. The fraction of sp³-hybridized carbons (Fsp3) is 0.333. The lowest BCUT2D eigenvalue weighted by molar-refractivity contribution is 1.25. The monoisotopic (exact) mass is 208 g/mol.